The van der Waals surface area contributed by atoms with Gasteiger partial charge in [-0.15, -0.1) is 0 Å². The summed E-state index contributed by atoms with van der Waals surface area (Å²) in [5.41, 5.74) is 0. The number of aliphatic hydroxyl groups excluding tert-OH is 2. The summed E-state index contributed by atoms with van der Waals surface area (Å²) in [6, 6.07) is -0.632. The van der Waals surface area contributed by atoms with Gasteiger partial charge in [0.25, 0.3) is 0 Å². The van der Waals surface area contributed by atoms with E-state index in [1.807, 2.05) is 6.08 Å². The molecule has 0 aliphatic carbocycles. The molecule has 0 fully saturated rings. The van der Waals surface area contributed by atoms with Gasteiger partial charge >= 0.3 is 5.97 Å². The van der Waals surface area contributed by atoms with E-state index in [4.69, 9.17) is 4.74 Å². The number of nitrogens with one attached hydrogen (secondary N) is 1. The molecule has 2 unspecified atom stereocenters. The smallest absolute Gasteiger partial charge is 0.305 e. The van der Waals surface area contributed by atoms with Gasteiger partial charge in [-0.25, -0.2) is 0 Å². The third kappa shape index (κ3) is 59.6. The van der Waals surface area contributed by atoms with E-state index in [1.165, 1.54) is 302 Å². The number of esters is 1. The van der Waals surface area contributed by atoms with Crippen molar-refractivity contribution in [2.45, 2.75) is 386 Å². The molecule has 2 atom stereocenters. The van der Waals surface area contributed by atoms with Crippen LogP contribution in [0.4, 0.5) is 0 Å². The van der Waals surface area contributed by atoms with Crippen LogP contribution in [-0.2, 0) is 14.3 Å². The van der Waals surface area contributed by atoms with Gasteiger partial charge in [0.2, 0.25) is 5.91 Å². The first-order valence-corrected chi connectivity index (χ1v) is 33.6. The minimum atomic E-state index is -0.848. The molecule has 0 aromatic rings. The third-order valence-corrected chi connectivity index (χ3v) is 15.7. The average molecular weight is 1040 g/mol. The molecule has 438 valence electrons. The van der Waals surface area contributed by atoms with Gasteiger partial charge in [-0.05, 0) is 57.8 Å². The summed E-state index contributed by atoms with van der Waals surface area (Å²) in [5, 5.41) is 23.2. The summed E-state index contributed by atoms with van der Waals surface area (Å²) in [5.74, 6) is -0.0559. The van der Waals surface area contributed by atoms with Crippen LogP contribution in [0.3, 0.4) is 0 Å². The van der Waals surface area contributed by atoms with Gasteiger partial charge in [0.05, 0.1) is 25.4 Å². The molecular weight excluding hydrogens is 911 g/mol. The van der Waals surface area contributed by atoms with Gasteiger partial charge in [0, 0.05) is 12.8 Å². The predicted molar refractivity (Wildman–Crippen MR) is 324 cm³/mol. The monoisotopic (exact) mass is 1040 g/mol. The van der Waals surface area contributed by atoms with Crippen LogP contribution in [0.25, 0.3) is 0 Å². The quantitative estimate of drug-likeness (QED) is 0.0320. The lowest BCUT2D eigenvalue weighted by Crippen LogP contribution is -2.45. The summed E-state index contributed by atoms with van der Waals surface area (Å²) < 4.78 is 5.50. The van der Waals surface area contributed by atoms with E-state index in [0.717, 1.165) is 44.9 Å². The molecule has 74 heavy (non-hydrogen) atoms. The second kappa shape index (κ2) is 63.9. The van der Waals surface area contributed by atoms with E-state index in [1.54, 1.807) is 6.08 Å². The molecular formula is C68H131NO5. The molecule has 0 aliphatic heterocycles. The molecule has 0 spiro atoms. The summed E-state index contributed by atoms with van der Waals surface area (Å²) in [6.07, 6.45) is 79.5. The van der Waals surface area contributed by atoms with Crippen LogP contribution in [0.15, 0.2) is 24.3 Å². The van der Waals surface area contributed by atoms with Crippen molar-refractivity contribution in [2.75, 3.05) is 13.2 Å². The van der Waals surface area contributed by atoms with Crippen molar-refractivity contribution >= 4 is 11.9 Å². The SMILES string of the molecule is CCCCCCCCCCCCCCCC/C=C/C(O)C(CO)NC(=O)CCCCCCCCC/C=C\CCCCCCCCCCCCCCOC(=O)CCCCCCCCCCCCCCCCCCCC. The number of hydrogen-bond donors (Lipinski definition) is 3. The maximum atomic E-state index is 12.5. The van der Waals surface area contributed by atoms with Gasteiger partial charge in [-0.2, -0.15) is 0 Å². The number of ether oxygens (including phenoxy) is 1. The van der Waals surface area contributed by atoms with Crippen LogP contribution in [0.5, 0.6) is 0 Å². The van der Waals surface area contributed by atoms with Crippen molar-refractivity contribution in [3.63, 3.8) is 0 Å². The van der Waals surface area contributed by atoms with Gasteiger partial charge in [0.15, 0.2) is 0 Å². The molecule has 0 bridgehead atoms. The zero-order valence-electron chi connectivity index (χ0n) is 50.1. The number of hydrogen-bond acceptors (Lipinski definition) is 5. The third-order valence-electron chi connectivity index (χ3n) is 15.7. The largest absolute Gasteiger partial charge is 0.466 e. The highest BCUT2D eigenvalue weighted by Gasteiger charge is 2.18. The molecule has 0 saturated carbocycles. The van der Waals surface area contributed by atoms with Gasteiger partial charge in [-0.1, -0.05) is 327 Å². The molecule has 3 N–H and O–H groups in total. The Morgan fingerprint density at radius 2 is 0.635 bits per heavy atom. The molecule has 0 aromatic heterocycles. The van der Waals surface area contributed by atoms with Crippen LogP contribution < -0.4 is 5.32 Å². The summed E-state index contributed by atoms with van der Waals surface area (Å²) in [6.45, 7) is 4.93. The molecule has 0 saturated heterocycles. The summed E-state index contributed by atoms with van der Waals surface area (Å²) in [7, 11) is 0. The maximum absolute atomic E-state index is 12.5. The Morgan fingerprint density at radius 1 is 0.365 bits per heavy atom. The van der Waals surface area contributed by atoms with Crippen molar-refractivity contribution < 1.29 is 24.5 Å². The molecule has 0 heterocycles. The number of rotatable bonds is 63. The normalized spacial score (nSPS) is 12.6. The van der Waals surface area contributed by atoms with Crippen LogP contribution in [0.1, 0.15) is 373 Å². The Hall–Kier alpha value is -1.66. The Kier molecular flexibility index (Phi) is 62.4. The molecule has 0 radical (unpaired) electrons. The topological polar surface area (TPSA) is 95.9 Å². The first kappa shape index (κ1) is 72.3. The Morgan fingerprint density at radius 3 is 0.959 bits per heavy atom. The molecule has 6 heteroatoms. The van der Waals surface area contributed by atoms with E-state index >= 15 is 0 Å². The van der Waals surface area contributed by atoms with Crippen LogP contribution in [-0.4, -0.2) is 47.4 Å². The van der Waals surface area contributed by atoms with Gasteiger partial charge < -0.3 is 20.3 Å². The molecule has 0 aromatic carbocycles. The first-order chi connectivity index (χ1) is 36.5. The lowest BCUT2D eigenvalue weighted by Gasteiger charge is -2.20. The number of carbonyl (C=O) groups excluding carboxylic acids is 2. The van der Waals surface area contributed by atoms with Crippen molar-refractivity contribution in [3.8, 4) is 0 Å². The summed E-state index contributed by atoms with van der Waals surface area (Å²) in [4.78, 5) is 24.6. The fourth-order valence-corrected chi connectivity index (χ4v) is 10.6. The standard InChI is InChI=1S/C68H131NO5/c1-3-5-7-9-11-13-15-17-19-21-30-34-38-42-46-50-54-58-62-68(73)74-63-59-55-51-47-43-39-35-31-28-26-24-22-23-25-27-29-33-37-41-45-49-53-57-61-67(72)69-65(64-70)66(71)60-56-52-48-44-40-36-32-20-18-16-14-12-10-8-6-4-2/h25,27,56,60,65-66,70-71H,3-24,26,28-55,57-59,61-64H2,1-2H3,(H,69,72)/b27-25-,60-56+. The minimum Gasteiger partial charge on any atom is -0.466 e. The molecule has 1 amide bonds. The number of allylic oxidation sites excluding steroid dienone is 3. The first-order valence-electron chi connectivity index (χ1n) is 33.6. The predicted octanol–water partition coefficient (Wildman–Crippen LogP) is 21.4. The number of carbonyl (C=O) groups is 2. The fraction of sp³-hybridized carbons (Fsp3) is 0.912. The molecule has 0 aliphatic rings. The molecule has 0 rings (SSSR count). The zero-order chi connectivity index (χ0) is 53.6. The van der Waals surface area contributed by atoms with E-state index in [2.05, 4.69) is 31.3 Å². The lowest BCUT2D eigenvalue weighted by molar-refractivity contribution is -0.143. The van der Waals surface area contributed by atoms with Crippen molar-refractivity contribution in [1.82, 2.24) is 5.32 Å². The highest BCUT2D eigenvalue weighted by Crippen LogP contribution is 2.18. The Labute approximate surface area is 462 Å². The van der Waals surface area contributed by atoms with Crippen LogP contribution >= 0.6 is 0 Å². The number of amides is 1. The van der Waals surface area contributed by atoms with Crippen molar-refractivity contribution in [1.29, 1.82) is 0 Å². The van der Waals surface area contributed by atoms with E-state index in [9.17, 15) is 19.8 Å². The highest BCUT2D eigenvalue weighted by atomic mass is 16.5. The van der Waals surface area contributed by atoms with Crippen LogP contribution in [0.2, 0.25) is 0 Å². The second-order valence-corrected chi connectivity index (χ2v) is 23.2. The van der Waals surface area contributed by atoms with Gasteiger partial charge in [0.1, 0.15) is 0 Å². The van der Waals surface area contributed by atoms with Crippen molar-refractivity contribution in [2.24, 2.45) is 0 Å². The van der Waals surface area contributed by atoms with E-state index in [0.29, 0.717) is 19.4 Å². The average Bonchev–Trinajstić information content (AvgIpc) is 3.40. The minimum absolute atomic E-state index is 0.0160. The van der Waals surface area contributed by atoms with Gasteiger partial charge in [-0.3, -0.25) is 9.59 Å². The molecule has 6 nitrogen and oxygen atoms in total. The Bertz CT molecular complexity index is 1150. The van der Waals surface area contributed by atoms with E-state index < -0.39 is 12.1 Å². The maximum Gasteiger partial charge on any atom is 0.305 e. The fourth-order valence-electron chi connectivity index (χ4n) is 10.6. The number of aliphatic hydroxyl groups is 2. The highest BCUT2D eigenvalue weighted by molar-refractivity contribution is 5.76. The number of unbranched alkanes of at least 4 members (excludes halogenated alkanes) is 50. The Balaban J connectivity index is 3.40. The van der Waals surface area contributed by atoms with Crippen molar-refractivity contribution in [3.05, 3.63) is 24.3 Å². The zero-order valence-corrected chi connectivity index (χ0v) is 50.1. The van der Waals surface area contributed by atoms with E-state index in [-0.39, 0.29) is 18.5 Å². The second-order valence-electron chi connectivity index (χ2n) is 23.2. The summed E-state index contributed by atoms with van der Waals surface area (Å²) >= 11 is 0. The van der Waals surface area contributed by atoms with Crippen LogP contribution in [0, 0.1) is 0 Å². The lowest BCUT2D eigenvalue weighted by atomic mass is 10.0.